The maximum Gasteiger partial charge on any atom is 0.00940 e. The molecule has 0 amide bonds. The number of benzene rings is 1. The van der Waals surface area contributed by atoms with E-state index in [4.69, 9.17) is 0 Å². The van der Waals surface area contributed by atoms with Crippen LogP contribution in [0.1, 0.15) is 30.7 Å². The van der Waals surface area contributed by atoms with Crippen molar-refractivity contribution < 1.29 is 0 Å². The van der Waals surface area contributed by atoms with Gasteiger partial charge in [-0.05, 0) is 30.4 Å². The van der Waals surface area contributed by atoms with Crippen LogP contribution in [0.2, 0.25) is 0 Å². The SMILES string of the molecule is BrCCC(C1=CCCC=C1)c1ccccc1. The monoisotopic (exact) mass is 276 g/mol. The second-order valence-corrected chi connectivity index (χ2v) is 4.92. The van der Waals surface area contributed by atoms with Gasteiger partial charge >= 0.3 is 0 Å². The van der Waals surface area contributed by atoms with Crippen molar-refractivity contribution in [3.63, 3.8) is 0 Å². The fourth-order valence-electron chi connectivity index (χ4n) is 2.21. The van der Waals surface area contributed by atoms with Crippen molar-refractivity contribution in [3.8, 4) is 0 Å². The fraction of sp³-hybridized carbons (Fsp3) is 0.333. The van der Waals surface area contributed by atoms with Gasteiger partial charge in [0.25, 0.3) is 0 Å². The summed E-state index contributed by atoms with van der Waals surface area (Å²) in [7, 11) is 0. The normalized spacial score (nSPS) is 16.9. The van der Waals surface area contributed by atoms with E-state index in [1.165, 1.54) is 30.4 Å². The van der Waals surface area contributed by atoms with Crippen molar-refractivity contribution in [1.29, 1.82) is 0 Å². The number of halogens is 1. The average molecular weight is 277 g/mol. The maximum absolute atomic E-state index is 3.56. The molecule has 0 nitrogen and oxygen atoms in total. The number of rotatable bonds is 4. The first-order valence-electron chi connectivity index (χ1n) is 5.89. The Kier molecular flexibility index (Phi) is 4.41. The van der Waals surface area contributed by atoms with E-state index in [9.17, 15) is 0 Å². The Morgan fingerprint density at radius 3 is 2.56 bits per heavy atom. The van der Waals surface area contributed by atoms with Gasteiger partial charge in [0.15, 0.2) is 0 Å². The zero-order valence-electron chi connectivity index (χ0n) is 9.40. The summed E-state index contributed by atoms with van der Waals surface area (Å²) in [6.45, 7) is 0. The zero-order valence-corrected chi connectivity index (χ0v) is 11.0. The molecule has 2 rings (SSSR count). The highest BCUT2D eigenvalue weighted by Crippen LogP contribution is 2.31. The van der Waals surface area contributed by atoms with Crippen LogP contribution in [0.25, 0.3) is 0 Å². The molecule has 1 unspecified atom stereocenters. The molecular weight excluding hydrogens is 260 g/mol. The third-order valence-corrected chi connectivity index (χ3v) is 3.48. The van der Waals surface area contributed by atoms with E-state index in [0.717, 1.165) is 5.33 Å². The molecule has 0 fully saturated rings. The van der Waals surface area contributed by atoms with Crippen LogP contribution in [-0.4, -0.2) is 5.33 Å². The van der Waals surface area contributed by atoms with Crippen LogP contribution in [0.4, 0.5) is 0 Å². The zero-order chi connectivity index (χ0) is 11.2. The first-order chi connectivity index (χ1) is 7.92. The number of hydrogen-bond acceptors (Lipinski definition) is 0. The van der Waals surface area contributed by atoms with E-state index < -0.39 is 0 Å². The highest BCUT2D eigenvalue weighted by molar-refractivity contribution is 9.09. The van der Waals surface area contributed by atoms with Crippen molar-refractivity contribution >= 4 is 15.9 Å². The largest absolute Gasteiger partial charge is 0.0928 e. The molecule has 0 heterocycles. The van der Waals surface area contributed by atoms with E-state index in [2.05, 4.69) is 64.5 Å². The van der Waals surface area contributed by atoms with Crippen LogP contribution in [0.5, 0.6) is 0 Å². The summed E-state index contributed by atoms with van der Waals surface area (Å²) in [5.74, 6) is 0.553. The summed E-state index contributed by atoms with van der Waals surface area (Å²) in [6.07, 6.45) is 10.5. The molecule has 0 spiro atoms. The van der Waals surface area contributed by atoms with Crippen LogP contribution in [0.3, 0.4) is 0 Å². The quantitative estimate of drug-likeness (QED) is 0.691. The molecule has 1 aromatic carbocycles. The molecule has 1 heteroatoms. The van der Waals surface area contributed by atoms with Gasteiger partial charge in [0.1, 0.15) is 0 Å². The highest BCUT2D eigenvalue weighted by Gasteiger charge is 2.14. The highest BCUT2D eigenvalue weighted by atomic mass is 79.9. The third-order valence-electron chi connectivity index (χ3n) is 3.03. The van der Waals surface area contributed by atoms with Gasteiger partial charge < -0.3 is 0 Å². The van der Waals surface area contributed by atoms with E-state index in [1.54, 1.807) is 0 Å². The van der Waals surface area contributed by atoms with Gasteiger partial charge in [-0.1, -0.05) is 64.5 Å². The molecule has 0 radical (unpaired) electrons. The lowest BCUT2D eigenvalue weighted by Gasteiger charge is -2.19. The molecule has 0 saturated heterocycles. The predicted molar refractivity (Wildman–Crippen MR) is 74.1 cm³/mol. The van der Waals surface area contributed by atoms with Crippen molar-refractivity contribution in [2.75, 3.05) is 5.33 Å². The summed E-state index contributed by atoms with van der Waals surface area (Å²) in [5.41, 5.74) is 2.91. The Balaban J connectivity index is 2.23. The first kappa shape index (κ1) is 11.7. The number of allylic oxidation sites excluding steroid dienone is 4. The number of hydrogen-bond donors (Lipinski definition) is 0. The molecule has 1 atom stereocenters. The van der Waals surface area contributed by atoms with Gasteiger partial charge in [0, 0.05) is 11.2 Å². The van der Waals surface area contributed by atoms with E-state index in [1.807, 2.05) is 0 Å². The molecule has 1 aromatic rings. The minimum atomic E-state index is 0.553. The fourth-order valence-corrected chi connectivity index (χ4v) is 2.67. The van der Waals surface area contributed by atoms with Crippen LogP contribution < -0.4 is 0 Å². The minimum absolute atomic E-state index is 0.553. The molecular formula is C15H17Br. The van der Waals surface area contributed by atoms with Gasteiger partial charge in [0.05, 0.1) is 0 Å². The van der Waals surface area contributed by atoms with Crippen molar-refractivity contribution in [2.45, 2.75) is 25.2 Å². The lowest BCUT2D eigenvalue weighted by Crippen LogP contribution is -2.03. The Morgan fingerprint density at radius 2 is 1.94 bits per heavy atom. The molecule has 0 N–H and O–H groups in total. The third kappa shape index (κ3) is 2.85. The molecule has 0 bridgehead atoms. The Bertz CT molecular complexity index is 376. The van der Waals surface area contributed by atoms with Crippen LogP contribution in [0.15, 0.2) is 54.1 Å². The molecule has 1 aliphatic rings. The van der Waals surface area contributed by atoms with Gasteiger partial charge in [-0.25, -0.2) is 0 Å². The lowest BCUT2D eigenvalue weighted by atomic mass is 9.86. The minimum Gasteiger partial charge on any atom is -0.0928 e. The predicted octanol–water partition coefficient (Wildman–Crippen LogP) is 4.83. The number of alkyl halides is 1. The van der Waals surface area contributed by atoms with Gasteiger partial charge in [-0.15, -0.1) is 0 Å². The van der Waals surface area contributed by atoms with E-state index >= 15 is 0 Å². The van der Waals surface area contributed by atoms with Crippen molar-refractivity contribution in [3.05, 3.63) is 59.7 Å². The smallest absolute Gasteiger partial charge is 0.00940 e. The molecule has 1 aliphatic carbocycles. The first-order valence-corrected chi connectivity index (χ1v) is 7.01. The summed E-state index contributed by atoms with van der Waals surface area (Å²) in [5, 5.41) is 1.05. The molecule has 0 aliphatic heterocycles. The second-order valence-electron chi connectivity index (χ2n) is 4.12. The average Bonchev–Trinajstić information content (AvgIpc) is 2.38. The Morgan fingerprint density at radius 1 is 1.12 bits per heavy atom. The van der Waals surface area contributed by atoms with Crippen LogP contribution >= 0.6 is 15.9 Å². The van der Waals surface area contributed by atoms with Gasteiger partial charge in [-0.2, -0.15) is 0 Å². The summed E-state index contributed by atoms with van der Waals surface area (Å²) >= 11 is 3.56. The Labute approximate surface area is 106 Å². The van der Waals surface area contributed by atoms with Crippen LogP contribution in [-0.2, 0) is 0 Å². The van der Waals surface area contributed by atoms with Gasteiger partial charge in [0.2, 0.25) is 0 Å². The second kappa shape index (κ2) is 6.05. The van der Waals surface area contributed by atoms with E-state index in [0.29, 0.717) is 5.92 Å². The molecule has 16 heavy (non-hydrogen) atoms. The van der Waals surface area contributed by atoms with E-state index in [-0.39, 0.29) is 0 Å². The molecule has 0 aromatic heterocycles. The van der Waals surface area contributed by atoms with Gasteiger partial charge in [-0.3, -0.25) is 0 Å². The Hall–Kier alpha value is -0.820. The summed E-state index contributed by atoms with van der Waals surface area (Å²) < 4.78 is 0. The van der Waals surface area contributed by atoms with Crippen molar-refractivity contribution in [2.24, 2.45) is 0 Å². The topological polar surface area (TPSA) is 0 Å². The molecule has 0 saturated carbocycles. The summed E-state index contributed by atoms with van der Waals surface area (Å²) in [6, 6.07) is 10.8. The maximum atomic E-state index is 3.56. The van der Waals surface area contributed by atoms with Crippen molar-refractivity contribution in [1.82, 2.24) is 0 Å². The molecule has 84 valence electrons. The van der Waals surface area contributed by atoms with Crippen LogP contribution in [0, 0.1) is 0 Å². The standard InChI is InChI=1S/C15H17Br/c16-12-11-15(13-7-3-1-4-8-13)14-9-5-2-6-10-14/h1,3-5,7-10,15H,2,6,11-12H2. The lowest BCUT2D eigenvalue weighted by molar-refractivity contribution is 0.773. The summed E-state index contributed by atoms with van der Waals surface area (Å²) in [4.78, 5) is 0.